The maximum Gasteiger partial charge on any atom is 0.416 e. The summed E-state index contributed by atoms with van der Waals surface area (Å²) in [7, 11) is 0. The van der Waals surface area contributed by atoms with Gasteiger partial charge in [-0.1, -0.05) is 12.1 Å². The van der Waals surface area contributed by atoms with E-state index in [1.807, 2.05) is 0 Å². The average molecular weight is 226 g/mol. The summed E-state index contributed by atoms with van der Waals surface area (Å²) in [5.74, 6) is 1.31. The zero-order chi connectivity index (χ0) is 11.8. The highest BCUT2D eigenvalue weighted by atomic mass is 19.4. The van der Waals surface area contributed by atoms with Gasteiger partial charge in [-0.15, -0.1) is 0 Å². The molecule has 0 amide bonds. The molecule has 1 aromatic heterocycles. The van der Waals surface area contributed by atoms with Gasteiger partial charge < -0.3 is 4.42 Å². The Bertz CT molecular complexity index is 480. The summed E-state index contributed by atoms with van der Waals surface area (Å²) in [6, 6.07) is 8.41. The molecule has 1 heterocycles. The highest BCUT2D eigenvalue weighted by molar-refractivity contribution is 5.58. The molecule has 0 spiro atoms. The van der Waals surface area contributed by atoms with Crippen LogP contribution in [0.25, 0.3) is 11.3 Å². The highest BCUT2D eigenvalue weighted by Crippen LogP contribution is 2.31. The Balaban J connectivity index is 2.33. The van der Waals surface area contributed by atoms with Gasteiger partial charge in [-0.25, -0.2) is 0 Å². The predicted molar refractivity (Wildman–Crippen MR) is 53.9 cm³/mol. The maximum absolute atomic E-state index is 12.3. The number of furan rings is 1. The summed E-state index contributed by atoms with van der Waals surface area (Å²) >= 11 is 0. The van der Waals surface area contributed by atoms with Gasteiger partial charge in [0.25, 0.3) is 0 Å². The molecule has 0 saturated carbocycles. The van der Waals surface area contributed by atoms with Crippen LogP contribution in [-0.4, -0.2) is 0 Å². The molecule has 84 valence electrons. The van der Waals surface area contributed by atoms with E-state index in [2.05, 4.69) is 0 Å². The number of aryl methyl sites for hydroxylation is 1. The van der Waals surface area contributed by atoms with Gasteiger partial charge in [0, 0.05) is 5.56 Å². The first-order valence-electron chi connectivity index (χ1n) is 4.71. The van der Waals surface area contributed by atoms with Gasteiger partial charge in [0.15, 0.2) is 0 Å². The largest absolute Gasteiger partial charge is 0.461 e. The maximum atomic E-state index is 12.3. The lowest BCUT2D eigenvalue weighted by Crippen LogP contribution is -2.03. The normalized spacial score (nSPS) is 11.8. The topological polar surface area (TPSA) is 13.1 Å². The zero-order valence-electron chi connectivity index (χ0n) is 8.51. The fourth-order valence-electron chi connectivity index (χ4n) is 1.41. The van der Waals surface area contributed by atoms with Gasteiger partial charge in [-0.3, -0.25) is 0 Å². The molecular weight excluding hydrogens is 217 g/mol. The lowest BCUT2D eigenvalue weighted by Gasteiger charge is -2.06. The van der Waals surface area contributed by atoms with E-state index in [1.165, 1.54) is 12.1 Å². The second-order valence-corrected chi connectivity index (χ2v) is 3.49. The predicted octanol–water partition coefficient (Wildman–Crippen LogP) is 4.27. The minimum absolute atomic E-state index is 0.575. The molecule has 2 aromatic rings. The lowest BCUT2D eigenvalue weighted by atomic mass is 10.1. The van der Waals surface area contributed by atoms with Gasteiger partial charge in [0.05, 0.1) is 5.56 Å². The number of halogens is 3. The van der Waals surface area contributed by atoms with Crippen LogP contribution in [0.15, 0.2) is 40.8 Å². The Labute approximate surface area is 90.5 Å². The van der Waals surface area contributed by atoms with Crippen molar-refractivity contribution in [3.63, 3.8) is 0 Å². The fraction of sp³-hybridized carbons (Fsp3) is 0.167. The molecule has 0 aliphatic heterocycles. The quantitative estimate of drug-likeness (QED) is 0.707. The second-order valence-electron chi connectivity index (χ2n) is 3.49. The molecule has 1 nitrogen and oxygen atoms in total. The molecule has 16 heavy (non-hydrogen) atoms. The van der Waals surface area contributed by atoms with Crippen molar-refractivity contribution in [1.82, 2.24) is 0 Å². The zero-order valence-corrected chi connectivity index (χ0v) is 8.51. The summed E-state index contributed by atoms with van der Waals surface area (Å²) in [4.78, 5) is 0. The van der Waals surface area contributed by atoms with E-state index < -0.39 is 11.7 Å². The van der Waals surface area contributed by atoms with E-state index in [1.54, 1.807) is 19.1 Å². The van der Waals surface area contributed by atoms with Crippen LogP contribution in [0.5, 0.6) is 0 Å². The molecule has 2 rings (SSSR count). The molecule has 0 atom stereocenters. The number of benzene rings is 1. The lowest BCUT2D eigenvalue weighted by molar-refractivity contribution is -0.137. The fourth-order valence-corrected chi connectivity index (χ4v) is 1.41. The Morgan fingerprint density at radius 1 is 0.938 bits per heavy atom. The van der Waals surface area contributed by atoms with Gasteiger partial charge in [-0.2, -0.15) is 13.2 Å². The molecule has 0 saturated heterocycles. The van der Waals surface area contributed by atoms with Gasteiger partial charge in [0.2, 0.25) is 0 Å². The molecular formula is C12H9F3O. The average Bonchev–Trinajstić information content (AvgIpc) is 2.64. The molecule has 1 aromatic carbocycles. The number of hydrogen-bond acceptors (Lipinski definition) is 1. The molecule has 0 aliphatic rings. The molecule has 0 radical (unpaired) electrons. The van der Waals surface area contributed by atoms with Gasteiger partial charge >= 0.3 is 6.18 Å². The summed E-state index contributed by atoms with van der Waals surface area (Å²) in [5.41, 5.74) is -0.0133. The van der Waals surface area contributed by atoms with Crippen molar-refractivity contribution in [2.24, 2.45) is 0 Å². The van der Waals surface area contributed by atoms with E-state index in [9.17, 15) is 13.2 Å². The summed E-state index contributed by atoms with van der Waals surface area (Å²) in [6.07, 6.45) is -4.29. The Kier molecular flexibility index (Phi) is 2.50. The summed E-state index contributed by atoms with van der Waals surface area (Å²) < 4.78 is 42.2. The first-order chi connectivity index (χ1) is 7.47. The smallest absolute Gasteiger partial charge is 0.416 e. The van der Waals surface area contributed by atoms with Crippen LogP contribution in [0, 0.1) is 6.92 Å². The van der Waals surface area contributed by atoms with Crippen LogP contribution in [-0.2, 0) is 6.18 Å². The van der Waals surface area contributed by atoms with Crippen molar-refractivity contribution in [1.29, 1.82) is 0 Å². The number of rotatable bonds is 1. The highest BCUT2D eigenvalue weighted by Gasteiger charge is 2.30. The minimum atomic E-state index is -4.29. The van der Waals surface area contributed by atoms with E-state index in [4.69, 9.17) is 4.42 Å². The first-order valence-corrected chi connectivity index (χ1v) is 4.71. The molecule has 0 N–H and O–H groups in total. The third kappa shape index (κ3) is 2.10. The Hall–Kier alpha value is -1.71. The van der Waals surface area contributed by atoms with Crippen molar-refractivity contribution in [3.8, 4) is 11.3 Å². The summed E-state index contributed by atoms with van der Waals surface area (Å²) in [6.45, 7) is 1.79. The van der Waals surface area contributed by atoms with Gasteiger partial charge in [-0.05, 0) is 31.2 Å². The third-order valence-electron chi connectivity index (χ3n) is 2.24. The number of alkyl halides is 3. The first kappa shape index (κ1) is 10.8. The van der Waals surface area contributed by atoms with Crippen LogP contribution >= 0.6 is 0 Å². The Morgan fingerprint density at radius 3 is 2.00 bits per heavy atom. The van der Waals surface area contributed by atoms with Crippen molar-refractivity contribution in [2.75, 3.05) is 0 Å². The monoisotopic (exact) mass is 226 g/mol. The van der Waals surface area contributed by atoms with Crippen LogP contribution in [0.1, 0.15) is 11.3 Å². The molecule has 4 heteroatoms. The standard InChI is InChI=1S/C12H9F3O/c1-8-2-7-11(16-8)9-3-5-10(6-4-9)12(13,14)15/h2-7H,1H3. The van der Waals surface area contributed by atoms with E-state index >= 15 is 0 Å². The number of hydrogen-bond donors (Lipinski definition) is 0. The van der Waals surface area contributed by atoms with Crippen LogP contribution in [0.2, 0.25) is 0 Å². The van der Waals surface area contributed by atoms with E-state index in [-0.39, 0.29) is 0 Å². The van der Waals surface area contributed by atoms with Crippen molar-refractivity contribution in [3.05, 3.63) is 47.7 Å². The van der Waals surface area contributed by atoms with Crippen molar-refractivity contribution in [2.45, 2.75) is 13.1 Å². The van der Waals surface area contributed by atoms with Gasteiger partial charge in [0.1, 0.15) is 11.5 Å². The minimum Gasteiger partial charge on any atom is -0.461 e. The third-order valence-corrected chi connectivity index (χ3v) is 2.24. The molecule has 0 fully saturated rings. The van der Waals surface area contributed by atoms with Crippen LogP contribution in [0.4, 0.5) is 13.2 Å². The van der Waals surface area contributed by atoms with Crippen LogP contribution < -0.4 is 0 Å². The second kappa shape index (κ2) is 3.70. The SMILES string of the molecule is Cc1ccc(-c2ccc(C(F)(F)F)cc2)o1. The van der Waals surface area contributed by atoms with Crippen molar-refractivity contribution < 1.29 is 17.6 Å². The molecule has 0 bridgehead atoms. The Morgan fingerprint density at radius 2 is 1.56 bits per heavy atom. The van der Waals surface area contributed by atoms with E-state index in [0.717, 1.165) is 17.9 Å². The van der Waals surface area contributed by atoms with E-state index in [0.29, 0.717) is 11.3 Å². The van der Waals surface area contributed by atoms with Crippen LogP contribution in [0.3, 0.4) is 0 Å². The molecule has 0 aliphatic carbocycles. The summed E-state index contributed by atoms with van der Waals surface area (Å²) in [5, 5.41) is 0. The molecule has 0 unspecified atom stereocenters. The van der Waals surface area contributed by atoms with Crippen molar-refractivity contribution >= 4 is 0 Å².